The van der Waals surface area contributed by atoms with Gasteiger partial charge in [-0.1, -0.05) is 12.1 Å². The van der Waals surface area contributed by atoms with Gasteiger partial charge in [0.25, 0.3) is 0 Å². The quantitative estimate of drug-likeness (QED) is 0.802. The fraction of sp³-hybridized carbons (Fsp3) is 0.250. The van der Waals surface area contributed by atoms with Gasteiger partial charge in [0.15, 0.2) is 0 Å². The van der Waals surface area contributed by atoms with Crippen LogP contribution in [-0.4, -0.2) is 18.1 Å². The van der Waals surface area contributed by atoms with Crippen LogP contribution in [-0.2, 0) is 11.3 Å². The first-order chi connectivity index (χ1) is 9.61. The largest absolute Gasteiger partial charge is 0.487 e. The number of nitrogens with zero attached hydrogens (tertiary/aromatic N) is 1. The molecule has 0 amide bonds. The minimum absolute atomic E-state index is 0.367. The summed E-state index contributed by atoms with van der Waals surface area (Å²) >= 11 is 0. The highest BCUT2D eigenvalue weighted by atomic mass is 16.5. The Morgan fingerprint density at radius 1 is 1.20 bits per heavy atom. The molecule has 0 N–H and O–H groups in total. The number of benzene rings is 1. The first-order valence-electron chi connectivity index (χ1n) is 6.34. The molecule has 4 heteroatoms. The second-order valence-corrected chi connectivity index (χ2v) is 4.52. The SMILES string of the molecule is COC(=O)c1ccc(COc2cccc(C)c2C)nc1. The van der Waals surface area contributed by atoms with Gasteiger partial charge in [0.05, 0.1) is 18.4 Å². The number of methoxy groups -OCH3 is 1. The second-order valence-electron chi connectivity index (χ2n) is 4.52. The molecule has 0 atom stereocenters. The Morgan fingerprint density at radius 3 is 2.65 bits per heavy atom. The number of carbonyl (C=O) groups excluding carboxylic acids is 1. The van der Waals surface area contributed by atoms with E-state index >= 15 is 0 Å². The first-order valence-corrected chi connectivity index (χ1v) is 6.34. The molecule has 0 fully saturated rings. The van der Waals surface area contributed by atoms with Crippen molar-refractivity contribution in [2.24, 2.45) is 0 Å². The van der Waals surface area contributed by atoms with E-state index in [1.807, 2.05) is 32.0 Å². The highest BCUT2D eigenvalue weighted by molar-refractivity contribution is 5.88. The van der Waals surface area contributed by atoms with E-state index in [-0.39, 0.29) is 5.97 Å². The molecule has 2 rings (SSSR count). The van der Waals surface area contributed by atoms with Crippen LogP contribution in [0.2, 0.25) is 0 Å². The van der Waals surface area contributed by atoms with E-state index in [1.54, 1.807) is 12.1 Å². The van der Waals surface area contributed by atoms with Crippen LogP contribution in [0.1, 0.15) is 27.2 Å². The number of esters is 1. The van der Waals surface area contributed by atoms with Crippen molar-refractivity contribution in [3.05, 3.63) is 58.9 Å². The van der Waals surface area contributed by atoms with E-state index in [0.717, 1.165) is 17.0 Å². The third-order valence-corrected chi connectivity index (χ3v) is 3.18. The summed E-state index contributed by atoms with van der Waals surface area (Å²) < 4.78 is 10.4. The molecule has 20 heavy (non-hydrogen) atoms. The first kappa shape index (κ1) is 14.1. The number of aryl methyl sites for hydroxylation is 1. The molecule has 0 aliphatic heterocycles. The predicted octanol–water partition coefficient (Wildman–Crippen LogP) is 3.06. The van der Waals surface area contributed by atoms with Gasteiger partial charge >= 0.3 is 5.97 Å². The summed E-state index contributed by atoms with van der Waals surface area (Å²) in [5.41, 5.74) is 3.51. The predicted molar refractivity (Wildman–Crippen MR) is 75.8 cm³/mol. The summed E-state index contributed by atoms with van der Waals surface area (Å²) in [6, 6.07) is 9.39. The lowest BCUT2D eigenvalue weighted by atomic mass is 10.1. The molecule has 0 aliphatic carbocycles. The minimum atomic E-state index is -0.389. The van der Waals surface area contributed by atoms with E-state index in [0.29, 0.717) is 12.2 Å². The van der Waals surface area contributed by atoms with E-state index in [1.165, 1.54) is 18.9 Å². The smallest absolute Gasteiger partial charge is 0.339 e. The van der Waals surface area contributed by atoms with Crippen LogP contribution in [0.15, 0.2) is 36.5 Å². The molecule has 0 saturated carbocycles. The lowest BCUT2D eigenvalue weighted by Gasteiger charge is -2.10. The van der Waals surface area contributed by atoms with Crippen molar-refractivity contribution in [3.8, 4) is 5.75 Å². The number of carbonyl (C=O) groups is 1. The Morgan fingerprint density at radius 2 is 2.00 bits per heavy atom. The van der Waals surface area contributed by atoms with Crippen molar-refractivity contribution in [1.82, 2.24) is 4.98 Å². The fourth-order valence-corrected chi connectivity index (χ4v) is 1.78. The van der Waals surface area contributed by atoms with Crippen LogP contribution < -0.4 is 4.74 Å². The molecule has 0 saturated heterocycles. The summed E-state index contributed by atoms with van der Waals surface area (Å²) in [7, 11) is 1.35. The zero-order valence-electron chi connectivity index (χ0n) is 11.8. The van der Waals surface area contributed by atoms with Gasteiger partial charge in [0.2, 0.25) is 0 Å². The van der Waals surface area contributed by atoms with Gasteiger partial charge in [-0.25, -0.2) is 4.79 Å². The van der Waals surface area contributed by atoms with Gasteiger partial charge in [-0.15, -0.1) is 0 Å². The Balaban J connectivity index is 2.04. The van der Waals surface area contributed by atoms with Crippen LogP contribution in [0, 0.1) is 13.8 Å². The standard InChI is InChI=1S/C16H17NO3/c1-11-5-4-6-15(12(11)2)20-10-14-8-7-13(9-17-14)16(18)19-3/h4-9H,10H2,1-3H3. The van der Waals surface area contributed by atoms with Gasteiger partial charge in [-0.3, -0.25) is 4.98 Å². The van der Waals surface area contributed by atoms with Gasteiger partial charge < -0.3 is 9.47 Å². The molecule has 1 aromatic carbocycles. The maximum Gasteiger partial charge on any atom is 0.339 e. The van der Waals surface area contributed by atoms with Crippen molar-refractivity contribution in [2.45, 2.75) is 20.5 Å². The highest BCUT2D eigenvalue weighted by Gasteiger charge is 2.06. The average molecular weight is 271 g/mol. The molecular weight excluding hydrogens is 254 g/mol. The van der Waals surface area contributed by atoms with Crippen LogP contribution in [0.4, 0.5) is 0 Å². The average Bonchev–Trinajstić information content (AvgIpc) is 2.48. The lowest BCUT2D eigenvalue weighted by molar-refractivity contribution is 0.0600. The molecular formula is C16H17NO3. The topological polar surface area (TPSA) is 48.4 Å². The molecule has 1 heterocycles. The van der Waals surface area contributed by atoms with Gasteiger partial charge in [-0.05, 0) is 43.2 Å². The van der Waals surface area contributed by atoms with E-state index < -0.39 is 0 Å². The van der Waals surface area contributed by atoms with E-state index in [9.17, 15) is 4.79 Å². The summed E-state index contributed by atoms with van der Waals surface area (Å²) in [6.07, 6.45) is 1.49. The molecule has 2 aromatic rings. The van der Waals surface area contributed by atoms with Crippen molar-refractivity contribution in [3.63, 3.8) is 0 Å². The third-order valence-electron chi connectivity index (χ3n) is 3.18. The molecule has 104 valence electrons. The maximum absolute atomic E-state index is 11.3. The second kappa shape index (κ2) is 6.19. The Kier molecular flexibility index (Phi) is 4.35. The summed E-state index contributed by atoms with van der Waals surface area (Å²) in [4.78, 5) is 15.5. The van der Waals surface area contributed by atoms with Crippen molar-refractivity contribution >= 4 is 5.97 Å². The van der Waals surface area contributed by atoms with Crippen molar-refractivity contribution < 1.29 is 14.3 Å². The van der Waals surface area contributed by atoms with Crippen LogP contribution >= 0.6 is 0 Å². The van der Waals surface area contributed by atoms with Crippen LogP contribution in [0.3, 0.4) is 0 Å². The molecule has 0 radical (unpaired) electrons. The summed E-state index contributed by atoms with van der Waals surface area (Å²) in [5.74, 6) is 0.461. The summed E-state index contributed by atoms with van der Waals surface area (Å²) in [5, 5.41) is 0. The molecule has 0 spiro atoms. The Hall–Kier alpha value is -2.36. The number of hydrogen-bond donors (Lipinski definition) is 0. The van der Waals surface area contributed by atoms with Gasteiger partial charge in [0.1, 0.15) is 12.4 Å². The molecule has 1 aromatic heterocycles. The van der Waals surface area contributed by atoms with E-state index in [2.05, 4.69) is 9.72 Å². The Labute approximate surface area is 118 Å². The molecule has 0 aliphatic rings. The Bertz CT molecular complexity index is 606. The maximum atomic E-state index is 11.3. The minimum Gasteiger partial charge on any atom is -0.487 e. The number of rotatable bonds is 4. The zero-order valence-corrected chi connectivity index (χ0v) is 11.8. The van der Waals surface area contributed by atoms with Crippen LogP contribution in [0.5, 0.6) is 5.75 Å². The number of pyridine rings is 1. The molecule has 0 bridgehead atoms. The normalized spacial score (nSPS) is 10.2. The third kappa shape index (κ3) is 3.15. The molecule has 0 unspecified atom stereocenters. The van der Waals surface area contributed by atoms with Gasteiger partial charge in [-0.2, -0.15) is 0 Å². The van der Waals surface area contributed by atoms with Crippen molar-refractivity contribution in [2.75, 3.05) is 7.11 Å². The number of aromatic nitrogens is 1. The highest BCUT2D eigenvalue weighted by Crippen LogP contribution is 2.21. The monoisotopic (exact) mass is 271 g/mol. The summed E-state index contributed by atoms with van der Waals surface area (Å²) in [6.45, 7) is 4.44. The number of hydrogen-bond acceptors (Lipinski definition) is 4. The van der Waals surface area contributed by atoms with Gasteiger partial charge in [0, 0.05) is 6.20 Å². The van der Waals surface area contributed by atoms with Crippen LogP contribution in [0.25, 0.3) is 0 Å². The fourth-order valence-electron chi connectivity index (χ4n) is 1.78. The lowest BCUT2D eigenvalue weighted by Crippen LogP contribution is -2.04. The van der Waals surface area contributed by atoms with Crippen molar-refractivity contribution in [1.29, 1.82) is 0 Å². The van der Waals surface area contributed by atoms with E-state index in [4.69, 9.17) is 4.74 Å². The zero-order chi connectivity index (χ0) is 14.5. The molecule has 4 nitrogen and oxygen atoms in total. The number of ether oxygens (including phenoxy) is 2.